The summed E-state index contributed by atoms with van der Waals surface area (Å²) in [5, 5.41) is 0.475. The molecule has 0 bridgehead atoms. The molecule has 4 nitrogen and oxygen atoms in total. The Morgan fingerprint density at radius 2 is 2.00 bits per heavy atom. The third kappa shape index (κ3) is 2.29. The van der Waals surface area contributed by atoms with Crippen molar-refractivity contribution in [2.75, 3.05) is 5.73 Å². The van der Waals surface area contributed by atoms with Gasteiger partial charge >= 0.3 is 0 Å². The average molecular weight is 253 g/mol. The Kier molecular flexibility index (Phi) is 3.38. The van der Waals surface area contributed by atoms with Gasteiger partial charge in [-0.2, -0.15) is 0 Å². The van der Waals surface area contributed by atoms with Gasteiger partial charge in [-0.1, -0.05) is 11.3 Å². The van der Waals surface area contributed by atoms with Crippen molar-refractivity contribution in [1.82, 2.24) is 9.88 Å². The van der Waals surface area contributed by atoms with E-state index in [0.29, 0.717) is 22.1 Å². The lowest BCUT2D eigenvalue weighted by Crippen LogP contribution is -2.47. The molecule has 17 heavy (non-hydrogen) atoms. The van der Waals surface area contributed by atoms with Gasteiger partial charge in [-0.25, -0.2) is 4.98 Å². The highest BCUT2D eigenvalue weighted by Crippen LogP contribution is 2.28. The summed E-state index contributed by atoms with van der Waals surface area (Å²) in [6, 6.07) is 0.628. The van der Waals surface area contributed by atoms with Crippen LogP contribution in [0.1, 0.15) is 48.5 Å². The molecule has 0 saturated carbocycles. The molecule has 1 amide bonds. The Morgan fingerprint density at radius 1 is 1.41 bits per heavy atom. The summed E-state index contributed by atoms with van der Waals surface area (Å²) < 4.78 is 0. The van der Waals surface area contributed by atoms with Crippen molar-refractivity contribution in [3.05, 3.63) is 10.6 Å². The Morgan fingerprint density at radius 3 is 2.47 bits per heavy atom. The van der Waals surface area contributed by atoms with Gasteiger partial charge in [0.15, 0.2) is 5.13 Å². The number of nitrogen functional groups attached to an aromatic ring is 1. The number of anilines is 1. The van der Waals surface area contributed by atoms with Crippen molar-refractivity contribution in [1.29, 1.82) is 0 Å². The van der Waals surface area contributed by atoms with E-state index in [9.17, 15) is 4.79 Å². The van der Waals surface area contributed by atoms with E-state index < -0.39 is 0 Å². The van der Waals surface area contributed by atoms with E-state index in [1.807, 2.05) is 11.8 Å². The van der Waals surface area contributed by atoms with E-state index in [4.69, 9.17) is 5.73 Å². The van der Waals surface area contributed by atoms with Crippen molar-refractivity contribution >= 4 is 22.4 Å². The van der Waals surface area contributed by atoms with Crippen LogP contribution in [0.2, 0.25) is 0 Å². The number of nitrogens with zero attached hydrogens (tertiary/aromatic N) is 2. The summed E-state index contributed by atoms with van der Waals surface area (Å²) in [6.45, 7) is 6.08. The fourth-order valence-corrected chi connectivity index (χ4v) is 3.33. The highest BCUT2D eigenvalue weighted by Gasteiger charge is 2.31. The second-order valence-corrected chi connectivity index (χ2v) is 5.84. The molecule has 2 heterocycles. The Bertz CT molecular complexity index is 419. The smallest absolute Gasteiger partial charge is 0.266 e. The third-order valence-corrected chi connectivity index (χ3v) is 4.41. The minimum atomic E-state index is 0.0939. The van der Waals surface area contributed by atoms with Crippen molar-refractivity contribution in [2.24, 2.45) is 0 Å². The predicted molar refractivity (Wildman–Crippen MR) is 70.2 cm³/mol. The molecule has 0 aliphatic carbocycles. The predicted octanol–water partition coefficient (Wildman–Crippen LogP) is 2.44. The molecule has 0 aromatic carbocycles. The maximum Gasteiger partial charge on any atom is 0.266 e. The third-order valence-electron chi connectivity index (χ3n) is 3.44. The molecule has 5 heteroatoms. The number of amides is 1. The molecule has 0 unspecified atom stereocenters. The number of hydrogen-bond acceptors (Lipinski definition) is 4. The van der Waals surface area contributed by atoms with Crippen LogP contribution < -0.4 is 5.73 Å². The summed E-state index contributed by atoms with van der Waals surface area (Å²) >= 11 is 1.30. The number of rotatable bonds is 1. The molecule has 1 fully saturated rings. The minimum absolute atomic E-state index is 0.0939. The Balaban J connectivity index is 2.27. The number of aromatic nitrogens is 1. The minimum Gasteiger partial charge on any atom is -0.375 e. The largest absolute Gasteiger partial charge is 0.375 e. The van der Waals surface area contributed by atoms with Gasteiger partial charge in [0.25, 0.3) is 5.91 Å². The van der Waals surface area contributed by atoms with Crippen LogP contribution in [-0.4, -0.2) is 27.9 Å². The maximum absolute atomic E-state index is 12.5. The van der Waals surface area contributed by atoms with Crippen LogP contribution in [0.4, 0.5) is 5.13 Å². The van der Waals surface area contributed by atoms with Gasteiger partial charge in [-0.05, 0) is 40.0 Å². The zero-order valence-electron chi connectivity index (χ0n) is 10.6. The summed E-state index contributed by atoms with van der Waals surface area (Å²) in [5.41, 5.74) is 6.41. The number of piperidine rings is 1. The highest BCUT2D eigenvalue weighted by atomic mass is 32.1. The lowest BCUT2D eigenvalue weighted by molar-refractivity contribution is 0.0515. The Labute approximate surface area is 106 Å². The molecule has 2 rings (SSSR count). The van der Waals surface area contributed by atoms with Gasteiger partial charge in [0.05, 0.1) is 5.69 Å². The van der Waals surface area contributed by atoms with Crippen LogP contribution in [0.3, 0.4) is 0 Å². The van der Waals surface area contributed by atoms with Gasteiger partial charge in [0.2, 0.25) is 0 Å². The van der Waals surface area contributed by atoms with Crippen LogP contribution in [0, 0.1) is 6.92 Å². The highest BCUT2D eigenvalue weighted by molar-refractivity contribution is 7.17. The Hall–Kier alpha value is -1.10. The molecule has 1 saturated heterocycles. The van der Waals surface area contributed by atoms with E-state index in [1.165, 1.54) is 17.8 Å². The van der Waals surface area contributed by atoms with Crippen LogP contribution >= 0.6 is 11.3 Å². The first kappa shape index (κ1) is 12.4. The molecular formula is C12H19N3OS. The van der Waals surface area contributed by atoms with Crippen molar-refractivity contribution in [2.45, 2.75) is 52.1 Å². The topological polar surface area (TPSA) is 59.2 Å². The number of thiazole rings is 1. The number of carbonyl (C=O) groups excluding carboxylic acids is 1. The fraction of sp³-hybridized carbons (Fsp3) is 0.667. The SMILES string of the molecule is Cc1nc(N)sc1C(=O)N1[C@H](C)CCC[C@@H]1C. The van der Waals surface area contributed by atoms with Gasteiger partial charge in [0, 0.05) is 12.1 Å². The summed E-state index contributed by atoms with van der Waals surface area (Å²) in [6.07, 6.45) is 3.38. The number of nitrogens with two attached hydrogens (primary N) is 1. The molecule has 1 aromatic rings. The first-order valence-corrected chi connectivity index (χ1v) is 6.88. The van der Waals surface area contributed by atoms with E-state index >= 15 is 0 Å². The monoisotopic (exact) mass is 253 g/mol. The molecule has 0 radical (unpaired) electrons. The van der Waals surface area contributed by atoms with Crippen LogP contribution in [-0.2, 0) is 0 Å². The molecule has 2 N–H and O–H groups in total. The lowest BCUT2D eigenvalue weighted by atomic mass is 9.97. The zero-order chi connectivity index (χ0) is 12.6. The molecule has 1 aliphatic rings. The van der Waals surface area contributed by atoms with Crippen LogP contribution in [0.25, 0.3) is 0 Å². The summed E-state index contributed by atoms with van der Waals surface area (Å²) in [4.78, 5) is 19.3. The first-order valence-electron chi connectivity index (χ1n) is 6.06. The van der Waals surface area contributed by atoms with E-state index in [1.54, 1.807) is 0 Å². The van der Waals surface area contributed by atoms with E-state index in [-0.39, 0.29) is 5.91 Å². The molecule has 2 atom stereocenters. The molecule has 94 valence electrons. The molecule has 1 aromatic heterocycles. The summed E-state index contributed by atoms with van der Waals surface area (Å²) in [7, 11) is 0. The average Bonchev–Trinajstić information content (AvgIpc) is 2.57. The fourth-order valence-electron chi connectivity index (χ4n) is 2.55. The lowest BCUT2D eigenvalue weighted by Gasteiger charge is -2.38. The van der Waals surface area contributed by atoms with Gasteiger partial charge in [-0.15, -0.1) is 0 Å². The normalized spacial score (nSPS) is 25.0. The quantitative estimate of drug-likeness (QED) is 0.836. The second kappa shape index (κ2) is 4.64. The second-order valence-electron chi connectivity index (χ2n) is 4.81. The molecular weight excluding hydrogens is 234 g/mol. The number of hydrogen-bond donors (Lipinski definition) is 1. The van der Waals surface area contributed by atoms with Crippen molar-refractivity contribution < 1.29 is 4.79 Å². The van der Waals surface area contributed by atoms with Crippen molar-refractivity contribution in [3.63, 3.8) is 0 Å². The van der Waals surface area contributed by atoms with Gasteiger partial charge < -0.3 is 10.6 Å². The summed E-state index contributed by atoms with van der Waals surface area (Å²) in [5.74, 6) is 0.0939. The molecule has 0 spiro atoms. The molecule has 1 aliphatic heterocycles. The van der Waals surface area contributed by atoms with E-state index in [2.05, 4.69) is 18.8 Å². The standard InChI is InChI=1S/C12H19N3OS/c1-7-5-4-6-8(2)15(7)11(16)10-9(3)14-12(13)17-10/h7-8H,4-6H2,1-3H3,(H2,13,14)/t7-,8+. The first-order chi connectivity index (χ1) is 8.00. The number of likely N-dealkylation sites (tertiary alicyclic amines) is 1. The van der Waals surface area contributed by atoms with Crippen molar-refractivity contribution in [3.8, 4) is 0 Å². The van der Waals surface area contributed by atoms with Gasteiger partial charge in [-0.3, -0.25) is 4.79 Å². The van der Waals surface area contributed by atoms with Crippen LogP contribution in [0.15, 0.2) is 0 Å². The zero-order valence-corrected chi connectivity index (χ0v) is 11.4. The van der Waals surface area contributed by atoms with Crippen LogP contribution in [0.5, 0.6) is 0 Å². The van der Waals surface area contributed by atoms with E-state index in [0.717, 1.165) is 18.5 Å². The van der Waals surface area contributed by atoms with Gasteiger partial charge in [0.1, 0.15) is 4.88 Å². The number of aryl methyl sites for hydroxylation is 1. The number of carbonyl (C=O) groups is 1. The maximum atomic E-state index is 12.5.